The minimum atomic E-state index is -2.98. The molecular formula is C11H23O3P. The van der Waals surface area contributed by atoms with Crippen molar-refractivity contribution in [1.82, 2.24) is 0 Å². The fourth-order valence-electron chi connectivity index (χ4n) is 1.26. The summed E-state index contributed by atoms with van der Waals surface area (Å²) in [6.07, 6.45) is 3.21. The Morgan fingerprint density at radius 3 is 2.13 bits per heavy atom. The molecule has 0 fully saturated rings. The molecule has 0 aromatic heterocycles. The summed E-state index contributed by atoms with van der Waals surface area (Å²) in [7, 11) is -2.98. The molecule has 15 heavy (non-hydrogen) atoms. The maximum Gasteiger partial charge on any atom is 0.354 e. The Bertz CT molecular complexity index is 226. The minimum Gasteiger partial charge on any atom is -0.306 e. The van der Waals surface area contributed by atoms with Gasteiger partial charge in [-0.05, 0) is 33.6 Å². The lowest BCUT2D eigenvalue weighted by atomic mass is 10.2. The second kappa shape index (κ2) is 8.09. The molecular weight excluding hydrogens is 211 g/mol. The molecule has 0 bridgehead atoms. The fourth-order valence-corrected chi connectivity index (χ4v) is 2.87. The van der Waals surface area contributed by atoms with Gasteiger partial charge < -0.3 is 9.05 Å². The highest BCUT2D eigenvalue weighted by Gasteiger charge is 2.19. The quantitative estimate of drug-likeness (QED) is 0.586. The van der Waals surface area contributed by atoms with Crippen LogP contribution in [0.3, 0.4) is 0 Å². The van der Waals surface area contributed by atoms with E-state index >= 15 is 0 Å². The van der Waals surface area contributed by atoms with Crippen LogP contribution in [0.25, 0.3) is 0 Å². The molecule has 3 nitrogen and oxygen atoms in total. The van der Waals surface area contributed by atoms with Crippen LogP contribution in [0.2, 0.25) is 0 Å². The first-order valence-corrected chi connectivity index (χ1v) is 7.26. The van der Waals surface area contributed by atoms with Crippen LogP contribution in [0.15, 0.2) is 11.4 Å². The third-order valence-corrected chi connectivity index (χ3v) is 3.91. The summed E-state index contributed by atoms with van der Waals surface area (Å²) in [4.78, 5) is 0. The second-order valence-electron chi connectivity index (χ2n) is 3.45. The zero-order valence-electron chi connectivity index (χ0n) is 10.3. The molecule has 0 aliphatic carbocycles. The Morgan fingerprint density at radius 2 is 1.73 bits per heavy atom. The summed E-state index contributed by atoms with van der Waals surface area (Å²) in [5, 5.41) is 0. The smallest absolute Gasteiger partial charge is 0.306 e. The molecule has 0 aromatic carbocycles. The molecule has 0 spiro atoms. The summed E-state index contributed by atoms with van der Waals surface area (Å²) < 4.78 is 22.4. The van der Waals surface area contributed by atoms with Gasteiger partial charge in [0.2, 0.25) is 0 Å². The van der Waals surface area contributed by atoms with Crippen LogP contribution in [-0.4, -0.2) is 13.2 Å². The van der Waals surface area contributed by atoms with Crippen molar-refractivity contribution < 1.29 is 13.6 Å². The number of unbranched alkanes of at least 4 members (excludes halogenated alkanes) is 1. The molecule has 0 aliphatic heterocycles. The minimum absolute atomic E-state index is 0.412. The second-order valence-corrected chi connectivity index (χ2v) is 5.31. The number of allylic oxidation sites excluding steroid dienone is 1. The van der Waals surface area contributed by atoms with Crippen LogP contribution in [0.5, 0.6) is 0 Å². The average Bonchev–Trinajstić information content (AvgIpc) is 2.15. The van der Waals surface area contributed by atoms with Crippen LogP contribution in [-0.2, 0) is 13.6 Å². The lowest BCUT2D eigenvalue weighted by Crippen LogP contribution is -1.94. The molecule has 90 valence electrons. The molecule has 0 amide bonds. The van der Waals surface area contributed by atoms with Gasteiger partial charge in [0.05, 0.1) is 13.2 Å². The Morgan fingerprint density at radius 1 is 1.20 bits per heavy atom. The summed E-state index contributed by atoms with van der Waals surface area (Å²) in [6.45, 7) is 8.57. The third kappa shape index (κ3) is 6.88. The van der Waals surface area contributed by atoms with Crippen molar-refractivity contribution in [3.8, 4) is 0 Å². The Balaban J connectivity index is 4.42. The molecule has 0 rings (SSSR count). The first-order chi connectivity index (χ1) is 7.08. The molecule has 0 saturated carbocycles. The molecule has 0 N–H and O–H groups in total. The largest absolute Gasteiger partial charge is 0.354 e. The van der Waals surface area contributed by atoms with Crippen molar-refractivity contribution in [2.24, 2.45) is 0 Å². The van der Waals surface area contributed by atoms with Gasteiger partial charge in [-0.2, -0.15) is 0 Å². The molecule has 0 atom stereocenters. The molecule has 0 radical (unpaired) electrons. The van der Waals surface area contributed by atoms with E-state index in [4.69, 9.17) is 9.05 Å². The summed E-state index contributed by atoms with van der Waals surface area (Å²) in [5.41, 5.74) is 1.09. The van der Waals surface area contributed by atoms with E-state index in [2.05, 4.69) is 6.92 Å². The first-order valence-electron chi connectivity index (χ1n) is 5.65. The van der Waals surface area contributed by atoms with E-state index < -0.39 is 7.60 Å². The van der Waals surface area contributed by atoms with Crippen LogP contribution in [0, 0.1) is 0 Å². The highest BCUT2D eigenvalue weighted by atomic mass is 31.2. The number of rotatable bonds is 8. The fraction of sp³-hybridized carbons (Fsp3) is 0.818. The van der Waals surface area contributed by atoms with Gasteiger partial charge in [0.25, 0.3) is 0 Å². The van der Waals surface area contributed by atoms with E-state index in [-0.39, 0.29) is 0 Å². The van der Waals surface area contributed by atoms with Crippen molar-refractivity contribution >= 4 is 7.60 Å². The Kier molecular flexibility index (Phi) is 8.03. The van der Waals surface area contributed by atoms with Gasteiger partial charge in [0.1, 0.15) is 0 Å². The van der Waals surface area contributed by atoms with Gasteiger partial charge in [-0.25, -0.2) is 0 Å². The number of hydrogen-bond acceptors (Lipinski definition) is 3. The summed E-state index contributed by atoms with van der Waals surface area (Å²) >= 11 is 0. The molecule has 0 unspecified atom stereocenters. The Labute approximate surface area is 93.4 Å². The maximum absolute atomic E-state index is 12.1. The lowest BCUT2D eigenvalue weighted by molar-refractivity contribution is 0.228. The highest BCUT2D eigenvalue weighted by Crippen LogP contribution is 2.50. The van der Waals surface area contributed by atoms with Gasteiger partial charge in [0.15, 0.2) is 0 Å². The molecule has 0 aromatic rings. The van der Waals surface area contributed by atoms with Crippen LogP contribution < -0.4 is 0 Å². The summed E-state index contributed by atoms with van der Waals surface area (Å²) in [5.74, 6) is 1.66. The summed E-state index contributed by atoms with van der Waals surface area (Å²) in [6, 6.07) is 0. The van der Waals surface area contributed by atoms with E-state index in [1.54, 1.807) is 5.82 Å². The predicted molar refractivity (Wildman–Crippen MR) is 64.1 cm³/mol. The monoisotopic (exact) mass is 234 g/mol. The van der Waals surface area contributed by atoms with Gasteiger partial charge in [-0.15, -0.1) is 0 Å². The van der Waals surface area contributed by atoms with E-state index in [0.717, 1.165) is 24.8 Å². The van der Waals surface area contributed by atoms with Gasteiger partial charge in [0, 0.05) is 5.82 Å². The third-order valence-electron chi connectivity index (χ3n) is 1.92. The zero-order valence-corrected chi connectivity index (χ0v) is 11.2. The Hall–Kier alpha value is -0.110. The number of hydrogen-bond donors (Lipinski definition) is 0. The molecule has 0 saturated heterocycles. The molecule has 4 heteroatoms. The van der Waals surface area contributed by atoms with Gasteiger partial charge in [-0.3, -0.25) is 4.57 Å². The topological polar surface area (TPSA) is 35.5 Å². The average molecular weight is 234 g/mol. The van der Waals surface area contributed by atoms with E-state index in [1.165, 1.54) is 0 Å². The van der Waals surface area contributed by atoms with Crippen LogP contribution in [0.4, 0.5) is 0 Å². The predicted octanol–water partition coefficient (Wildman–Crippen LogP) is 4.35. The van der Waals surface area contributed by atoms with Crippen molar-refractivity contribution in [3.05, 3.63) is 11.4 Å². The first kappa shape index (κ1) is 14.9. The lowest BCUT2D eigenvalue weighted by Gasteiger charge is -2.14. The SMILES string of the molecule is CCCCC(C)=CP(=O)(OCC)OCC. The zero-order chi connectivity index (χ0) is 11.7. The van der Waals surface area contributed by atoms with Crippen molar-refractivity contribution in [2.45, 2.75) is 47.0 Å². The van der Waals surface area contributed by atoms with Crippen molar-refractivity contribution in [1.29, 1.82) is 0 Å². The van der Waals surface area contributed by atoms with Crippen molar-refractivity contribution in [2.75, 3.05) is 13.2 Å². The molecule has 0 aliphatic rings. The standard InChI is InChI=1S/C11H23O3P/c1-5-8-9-11(4)10-15(12,13-6-2)14-7-3/h10H,5-9H2,1-4H3. The molecule has 0 heterocycles. The van der Waals surface area contributed by atoms with Crippen molar-refractivity contribution in [3.63, 3.8) is 0 Å². The van der Waals surface area contributed by atoms with E-state index in [9.17, 15) is 4.57 Å². The normalized spacial score (nSPS) is 13.2. The van der Waals surface area contributed by atoms with Gasteiger partial charge in [-0.1, -0.05) is 18.9 Å². The van der Waals surface area contributed by atoms with E-state index in [0.29, 0.717) is 13.2 Å². The van der Waals surface area contributed by atoms with Crippen LogP contribution in [0.1, 0.15) is 47.0 Å². The maximum atomic E-state index is 12.1. The highest BCUT2D eigenvalue weighted by molar-refractivity contribution is 7.57. The van der Waals surface area contributed by atoms with E-state index in [1.807, 2.05) is 20.8 Å². The van der Waals surface area contributed by atoms with Gasteiger partial charge >= 0.3 is 7.60 Å². The van der Waals surface area contributed by atoms with Crippen LogP contribution >= 0.6 is 7.60 Å².